The Kier molecular flexibility index (Phi) is 6.88. The van der Waals surface area contributed by atoms with Crippen molar-refractivity contribution in [1.29, 1.82) is 0 Å². The zero-order valence-electron chi connectivity index (χ0n) is 14.2. The number of nitrogens with zero attached hydrogens (tertiary/aromatic N) is 1. The van der Waals surface area contributed by atoms with Crippen molar-refractivity contribution in [3.63, 3.8) is 0 Å². The van der Waals surface area contributed by atoms with E-state index in [1.165, 1.54) is 0 Å². The van der Waals surface area contributed by atoms with Gasteiger partial charge in [0.2, 0.25) is 0 Å². The fraction of sp³-hybridized carbons (Fsp3) is 0.529. The van der Waals surface area contributed by atoms with Gasteiger partial charge in [-0.05, 0) is 33.3 Å². The van der Waals surface area contributed by atoms with E-state index in [1.54, 1.807) is 11.8 Å². The van der Waals surface area contributed by atoms with Crippen molar-refractivity contribution in [2.75, 3.05) is 6.61 Å². The summed E-state index contributed by atoms with van der Waals surface area (Å²) in [5.41, 5.74) is 5.60. The minimum atomic E-state index is -0.829. The number of hydrogen-bond donors (Lipinski definition) is 1. The molecular weight excluding hydrogens is 296 g/mol. The molecule has 1 unspecified atom stereocenters. The molecule has 1 aromatic carbocycles. The number of nitrogens with two attached hydrogens (primary N) is 1. The van der Waals surface area contributed by atoms with Crippen LogP contribution in [0.5, 0.6) is 0 Å². The fourth-order valence-corrected chi connectivity index (χ4v) is 1.99. The van der Waals surface area contributed by atoms with Gasteiger partial charge in [-0.25, -0.2) is 9.59 Å². The zero-order chi connectivity index (χ0) is 17.5. The maximum Gasteiger partial charge on any atom is 0.410 e. The van der Waals surface area contributed by atoms with Crippen LogP contribution in [0.4, 0.5) is 9.59 Å². The minimum Gasteiger partial charge on any atom is -0.449 e. The number of carbonyl (C=O) groups is 2. The molecule has 1 aromatic rings. The molecule has 0 aliphatic carbocycles. The Balaban J connectivity index is 2.58. The van der Waals surface area contributed by atoms with Gasteiger partial charge < -0.3 is 15.2 Å². The summed E-state index contributed by atoms with van der Waals surface area (Å²) in [6.45, 7) is 8.19. The molecule has 2 amide bonds. The van der Waals surface area contributed by atoms with Crippen LogP contribution in [0.15, 0.2) is 30.3 Å². The molecule has 6 heteroatoms. The average Bonchev–Trinajstić information content (AvgIpc) is 2.43. The summed E-state index contributed by atoms with van der Waals surface area (Å²) in [7, 11) is 0. The van der Waals surface area contributed by atoms with Crippen LogP contribution in [0.1, 0.15) is 39.7 Å². The predicted molar refractivity (Wildman–Crippen MR) is 87.8 cm³/mol. The Morgan fingerprint density at radius 1 is 1.22 bits per heavy atom. The summed E-state index contributed by atoms with van der Waals surface area (Å²) < 4.78 is 10.1. The Morgan fingerprint density at radius 3 is 2.35 bits per heavy atom. The molecule has 0 saturated carbocycles. The monoisotopic (exact) mass is 322 g/mol. The van der Waals surface area contributed by atoms with Crippen LogP contribution in [-0.4, -0.2) is 35.3 Å². The van der Waals surface area contributed by atoms with E-state index in [0.717, 1.165) is 5.56 Å². The van der Waals surface area contributed by atoms with E-state index in [2.05, 4.69) is 0 Å². The third-order valence-electron chi connectivity index (χ3n) is 3.28. The van der Waals surface area contributed by atoms with Crippen LogP contribution in [0.3, 0.4) is 0 Å². The molecule has 0 aliphatic rings. The molecule has 1 rings (SSSR count). The van der Waals surface area contributed by atoms with E-state index >= 15 is 0 Å². The summed E-state index contributed by atoms with van der Waals surface area (Å²) in [5.74, 6) is 0. The van der Waals surface area contributed by atoms with E-state index < -0.39 is 18.3 Å². The maximum atomic E-state index is 12.4. The Hall–Kier alpha value is -2.24. The number of carbonyl (C=O) groups excluding carboxylic acids is 2. The normalized spacial score (nSPS) is 12.3. The van der Waals surface area contributed by atoms with Gasteiger partial charge in [-0.2, -0.15) is 0 Å². The van der Waals surface area contributed by atoms with Gasteiger partial charge in [-0.3, -0.25) is 4.90 Å². The zero-order valence-corrected chi connectivity index (χ0v) is 14.2. The van der Waals surface area contributed by atoms with Gasteiger partial charge >= 0.3 is 12.2 Å². The van der Waals surface area contributed by atoms with Crippen molar-refractivity contribution >= 4 is 12.2 Å². The van der Waals surface area contributed by atoms with Crippen LogP contribution in [0, 0.1) is 0 Å². The second kappa shape index (κ2) is 8.41. The van der Waals surface area contributed by atoms with E-state index in [0.29, 0.717) is 13.0 Å². The highest BCUT2D eigenvalue weighted by Gasteiger charge is 2.28. The Morgan fingerprint density at radius 2 is 1.83 bits per heavy atom. The molecule has 0 heterocycles. The number of amides is 2. The molecule has 0 bridgehead atoms. The molecule has 23 heavy (non-hydrogen) atoms. The van der Waals surface area contributed by atoms with Crippen molar-refractivity contribution in [3.8, 4) is 0 Å². The molecule has 0 fully saturated rings. The Labute approximate surface area is 137 Å². The van der Waals surface area contributed by atoms with Gasteiger partial charge in [-0.1, -0.05) is 30.3 Å². The van der Waals surface area contributed by atoms with Gasteiger partial charge in [0.1, 0.15) is 6.10 Å². The third kappa shape index (κ3) is 7.04. The van der Waals surface area contributed by atoms with Crippen LogP contribution in [-0.2, 0) is 16.0 Å². The van der Waals surface area contributed by atoms with Gasteiger partial charge in [0.05, 0.1) is 6.61 Å². The molecule has 0 spiro atoms. The number of benzene rings is 1. The Bertz CT molecular complexity index is 511. The minimum absolute atomic E-state index is 0.161. The van der Waals surface area contributed by atoms with Gasteiger partial charge in [0.15, 0.2) is 0 Å². The van der Waals surface area contributed by atoms with E-state index in [1.807, 2.05) is 51.1 Å². The standard InChI is InChI=1S/C17H26N2O4/c1-13(23-15(18)20)10-11-22-16(21)19(17(2,3)4)12-14-8-6-5-7-9-14/h5-9,13H,10-12H2,1-4H3,(H2,18,20). The van der Waals surface area contributed by atoms with E-state index in [-0.39, 0.29) is 12.1 Å². The van der Waals surface area contributed by atoms with Crippen molar-refractivity contribution in [2.45, 2.75) is 52.3 Å². The molecular formula is C17H26N2O4. The molecule has 0 saturated heterocycles. The molecule has 1 atom stereocenters. The number of ether oxygens (including phenoxy) is 2. The smallest absolute Gasteiger partial charge is 0.410 e. The lowest BCUT2D eigenvalue weighted by Gasteiger charge is -2.35. The summed E-state index contributed by atoms with van der Waals surface area (Å²) in [5, 5.41) is 0. The van der Waals surface area contributed by atoms with Gasteiger partial charge in [-0.15, -0.1) is 0 Å². The number of rotatable bonds is 6. The van der Waals surface area contributed by atoms with Crippen molar-refractivity contribution in [2.24, 2.45) is 5.73 Å². The van der Waals surface area contributed by atoms with E-state index in [9.17, 15) is 9.59 Å². The molecule has 0 aliphatic heterocycles. The van der Waals surface area contributed by atoms with Crippen LogP contribution < -0.4 is 5.73 Å². The largest absolute Gasteiger partial charge is 0.449 e. The van der Waals surface area contributed by atoms with Gasteiger partial charge in [0.25, 0.3) is 0 Å². The average molecular weight is 322 g/mol. The van der Waals surface area contributed by atoms with Crippen LogP contribution >= 0.6 is 0 Å². The lowest BCUT2D eigenvalue weighted by atomic mass is 10.1. The number of hydrogen-bond acceptors (Lipinski definition) is 4. The maximum absolute atomic E-state index is 12.4. The molecule has 0 radical (unpaired) electrons. The first-order chi connectivity index (χ1) is 10.7. The first-order valence-electron chi connectivity index (χ1n) is 7.64. The van der Waals surface area contributed by atoms with Crippen molar-refractivity contribution in [1.82, 2.24) is 4.90 Å². The first kappa shape index (κ1) is 18.8. The fourth-order valence-electron chi connectivity index (χ4n) is 1.99. The summed E-state index contributed by atoms with van der Waals surface area (Å²) >= 11 is 0. The molecule has 0 aromatic heterocycles. The highest BCUT2D eigenvalue weighted by atomic mass is 16.6. The highest BCUT2D eigenvalue weighted by molar-refractivity contribution is 5.68. The van der Waals surface area contributed by atoms with Crippen molar-refractivity contribution in [3.05, 3.63) is 35.9 Å². The lowest BCUT2D eigenvalue weighted by molar-refractivity contribution is 0.0496. The van der Waals surface area contributed by atoms with E-state index in [4.69, 9.17) is 15.2 Å². The summed E-state index contributed by atoms with van der Waals surface area (Å²) in [6, 6.07) is 9.74. The highest BCUT2D eigenvalue weighted by Crippen LogP contribution is 2.19. The quantitative estimate of drug-likeness (QED) is 0.871. The molecule has 2 N–H and O–H groups in total. The SMILES string of the molecule is CC(CCOC(=O)N(Cc1ccccc1)C(C)(C)C)OC(N)=O. The summed E-state index contributed by atoms with van der Waals surface area (Å²) in [4.78, 5) is 24.7. The first-order valence-corrected chi connectivity index (χ1v) is 7.64. The second-order valence-electron chi connectivity index (χ2n) is 6.39. The van der Waals surface area contributed by atoms with Crippen LogP contribution in [0.25, 0.3) is 0 Å². The van der Waals surface area contributed by atoms with Crippen LogP contribution in [0.2, 0.25) is 0 Å². The topological polar surface area (TPSA) is 81.9 Å². The number of primary amides is 1. The summed E-state index contributed by atoms with van der Waals surface area (Å²) in [6.07, 6.45) is -1.22. The second-order valence-corrected chi connectivity index (χ2v) is 6.39. The van der Waals surface area contributed by atoms with Crippen molar-refractivity contribution < 1.29 is 19.1 Å². The third-order valence-corrected chi connectivity index (χ3v) is 3.28. The molecule has 128 valence electrons. The predicted octanol–water partition coefficient (Wildman–Crippen LogP) is 3.30. The lowest BCUT2D eigenvalue weighted by Crippen LogP contribution is -2.45. The van der Waals surface area contributed by atoms with Gasteiger partial charge in [0, 0.05) is 18.5 Å². The molecule has 6 nitrogen and oxygen atoms in total.